The van der Waals surface area contributed by atoms with Crippen molar-refractivity contribution in [3.05, 3.63) is 89.5 Å². The highest BCUT2D eigenvalue weighted by molar-refractivity contribution is 7.98. The number of alkyl halides is 3. The second kappa shape index (κ2) is 9.35. The molecule has 2 N–H and O–H groups in total. The van der Waals surface area contributed by atoms with Crippen LogP contribution in [0.25, 0.3) is 11.0 Å². The van der Waals surface area contributed by atoms with Crippen LogP contribution in [0.15, 0.2) is 78.0 Å². The second-order valence-electron chi connectivity index (χ2n) is 6.90. The van der Waals surface area contributed by atoms with E-state index in [-0.39, 0.29) is 6.61 Å². The maximum absolute atomic E-state index is 12.9. The summed E-state index contributed by atoms with van der Waals surface area (Å²) in [6, 6.07) is 20.0. The molecule has 9 heteroatoms. The molecular formula is C23H18F3N3O2S. The number of para-hydroxylation sites is 1. The van der Waals surface area contributed by atoms with Crippen LogP contribution in [0, 0.1) is 0 Å². The average molecular weight is 457 g/mol. The van der Waals surface area contributed by atoms with Crippen molar-refractivity contribution in [3.8, 4) is 0 Å². The zero-order valence-corrected chi connectivity index (χ0v) is 17.5. The molecule has 0 atom stereocenters. The summed E-state index contributed by atoms with van der Waals surface area (Å²) in [5.74, 6) is 0.446. The molecule has 4 rings (SSSR count). The number of aromatic nitrogens is 2. The Morgan fingerprint density at radius 2 is 1.78 bits per heavy atom. The van der Waals surface area contributed by atoms with Crippen LogP contribution in [-0.2, 0) is 23.3 Å². The molecule has 0 aliphatic heterocycles. The van der Waals surface area contributed by atoms with E-state index >= 15 is 0 Å². The highest BCUT2D eigenvalue weighted by atomic mass is 32.2. The third kappa shape index (κ3) is 5.42. The number of fused-ring (bicyclic) bond motifs is 1. The Morgan fingerprint density at radius 3 is 2.56 bits per heavy atom. The molecule has 0 saturated carbocycles. The number of hydrogen-bond donors (Lipinski definition) is 2. The second-order valence-corrected chi connectivity index (χ2v) is 7.87. The molecule has 1 amide bonds. The summed E-state index contributed by atoms with van der Waals surface area (Å²) in [6.07, 6.45) is -4.98. The van der Waals surface area contributed by atoms with Gasteiger partial charge in [0.25, 0.3) is 0 Å². The molecule has 0 bridgehead atoms. The third-order valence-electron chi connectivity index (χ3n) is 4.62. The molecule has 0 radical (unpaired) electrons. The Bertz CT molecular complexity index is 1230. The quantitative estimate of drug-likeness (QED) is 0.319. The third-order valence-corrected chi connectivity index (χ3v) is 5.54. The number of ether oxygens (including phenoxy) is 1. The molecule has 0 aliphatic rings. The Balaban J connectivity index is 1.40. The topological polar surface area (TPSA) is 67.0 Å². The molecule has 1 heterocycles. The van der Waals surface area contributed by atoms with Crippen LogP contribution in [-0.4, -0.2) is 16.1 Å². The SMILES string of the molecule is O=C(Nc1ccccc1CSc1nc2ccc(C(F)(F)F)cc2[nH]1)OCc1ccccc1. The number of aromatic amines is 1. The van der Waals surface area contributed by atoms with E-state index in [9.17, 15) is 18.0 Å². The van der Waals surface area contributed by atoms with E-state index in [2.05, 4.69) is 15.3 Å². The summed E-state index contributed by atoms with van der Waals surface area (Å²) in [5, 5.41) is 3.22. The molecule has 164 valence electrons. The van der Waals surface area contributed by atoms with Gasteiger partial charge in [-0.15, -0.1) is 0 Å². The molecule has 5 nitrogen and oxygen atoms in total. The van der Waals surface area contributed by atoms with Gasteiger partial charge in [-0.05, 0) is 35.4 Å². The number of nitrogens with one attached hydrogen (secondary N) is 2. The van der Waals surface area contributed by atoms with Gasteiger partial charge >= 0.3 is 12.3 Å². The maximum Gasteiger partial charge on any atom is 0.416 e. The first-order chi connectivity index (χ1) is 15.4. The number of halogens is 3. The number of anilines is 1. The molecule has 0 spiro atoms. The van der Waals surface area contributed by atoms with E-state index < -0.39 is 17.8 Å². The van der Waals surface area contributed by atoms with Crippen molar-refractivity contribution in [2.24, 2.45) is 0 Å². The van der Waals surface area contributed by atoms with E-state index in [1.165, 1.54) is 17.8 Å². The molecule has 0 saturated heterocycles. The van der Waals surface area contributed by atoms with Crippen LogP contribution in [0.5, 0.6) is 0 Å². The van der Waals surface area contributed by atoms with Crippen molar-refractivity contribution < 1.29 is 22.7 Å². The van der Waals surface area contributed by atoms with Gasteiger partial charge in [0.15, 0.2) is 5.16 Å². The number of rotatable bonds is 6. The number of carbonyl (C=O) groups excluding carboxylic acids is 1. The standard InChI is InChI=1S/C23H18F3N3O2S/c24-23(25,26)17-10-11-19-20(12-17)28-21(27-19)32-14-16-8-4-5-9-18(16)29-22(30)31-13-15-6-2-1-3-7-15/h1-12H,13-14H2,(H,27,28)(H,29,30). The molecule has 4 aromatic rings. The van der Waals surface area contributed by atoms with E-state index in [4.69, 9.17) is 4.74 Å². The Labute approximate surface area is 186 Å². The fourth-order valence-electron chi connectivity index (χ4n) is 3.01. The van der Waals surface area contributed by atoms with E-state index in [1.807, 2.05) is 42.5 Å². The first-order valence-electron chi connectivity index (χ1n) is 9.64. The van der Waals surface area contributed by atoms with Gasteiger partial charge in [0.05, 0.1) is 16.6 Å². The average Bonchev–Trinajstić information content (AvgIpc) is 3.19. The van der Waals surface area contributed by atoms with Crippen LogP contribution in [0.1, 0.15) is 16.7 Å². The molecule has 32 heavy (non-hydrogen) atoms. The molecule has 1 aromatic heterocycles. The Hall–Kier alpha value is -3.46. The van der Waals surface area contributed by atoms with Crippen LogP contribution >= 0.6 is 11.8 Å². The summed E-state index contributed by atoms with van der Waals surface area (Å²) in [5.41, 5.74) is 2.34. The van der Waals surface area contributed by atoms with Crippen molar-refractivity contribution in [1.82, 2.24) is 9.97 Å². The summed E-state index contributed by atoms with van der Waals surface area (Å²) in [7, 11) is 0. The van der Waals surface area contributed by atoms with Gasteiger partial charge in [0.2, 0.25) is 0 Å². The van der Waals surface area contributed by atoms with Crippen molar-refractivity contribution in [2.75, 3.05) is 5.32 Å². The van der Waals surface area contributed by atoms with Gasteiger partial charge < -0.3 is 9.72 Å². The number of amides is 1. The van der Waals surface area contributed by atoms with Crippen LogP contribution in [0.2, 0.25) is 0 Å². The lowest BCUT2D eigenvalue weighted by Crippen LogP contribution is -2.14. The fraction of sp³-hybridized carbons (Fsp3) is 0.130. The zero-order valence-electron chi connectivity index (χ0n) is 16.6. The van der Waals surface area contributed by atoms with E-state index in [0.717, 1.165) is 23.3 Å². The van der Waals surface area contributed by atoms with Crippen LogP contribution < -0.4 is 5.32 Å². The normalized spacial score (nSPS) is 11.5. The smallest absolute Gasteiger partial charge is 0.416 e. The van der Waals surface area contributed by atoms with Crippen molar-refractivity contribution in [1.29, 1.82) is 0 Å². The molecule has 0 unspecified atom stereocenters. The van der Waals surface area contributed by atoms with Gasteiger partial charge in [0.1, 0.15) is 6.61 Å². The predicted molar refractivity (Wildman–Crippen MR) is 117 cm³/mol. The zero-order chi connectivity index (χ0) is 22.6. The Kier molecular flexibility index (Phi) is 6.36. The first kappa shape index (κ1) is 21.8. The number of H-pyrrole nitrogens is 1. The fourth-order valence-corrected chi connectivity index (χ4v) is 3.90. The minimum Gasteiger partial charge on any atom is -0.444 e. The van der Waals surface area contributed by atoms with Gasteiger partial charge in [-0.2, -0.15) is 13.2 Å². The van der Waals surface area contributed by atoms with Crippen LogP contribution in [0.4, 0.5) is 23.7 Å². The maximum atomic E-state index is 12.9. The van der Waals surface area contributed by atoms with Crippen molar-refractivity contribution in [3.63, 3.8) is 0 Å². The largest absolute Gasteiger partial charge is 0.444 e. The van der Waals surface area contributed by atoms with Crippen molar-refractivity contribution >= 4 is 34.6 Å². The minimum absolute atomic E-state index is 0.155. The lowest BCUT2D eigenvalue weighted by atomic mass is 10.2. The van der Waals surface area contributed by atoms with Gasteiger partial charge in [-0.1, -0.05) is 60.3 Å². The number of hydrogen-bond acceptors (Lipinski definition) is 4. The van der Waals surface area contributed by atoms with E-state index in [1.54, 1.807) is 12.1 Å². The molecular weight excluding hydrogens is 439 g/mol. The number of carbonyl (C=O) groups is 1. The lowest BCUT2D eigenvalue weighted by molar-refractivity contribution is -0.137. The number of imidazole rings is 1. The molecule has 0 fully saturated rings. The first-order valence-corrected chi connectivity index (χ1v) is 10.6. The summed E-state index contributed by atoms with van der Waals surface area (Å²) in [6.45, 7) is 0.155. The van der Waals surface area contributed by atoms with E-state index in [0.29, 0.717) is 27.6 Å². The van der Waals surface area contributed by atoms with Crippen molar-refractivity contribution in [2.45, 2.75) is 23.7 Å². The number of nitrogens with zero attached hydrogens (tertiary/aromatic N) is 1. The highest BCUT2D eigenvalue weighted by Gasteiger charge is 2.30. The highest BCUT2D eigenvalue weighted by Crippen LogP contribution is 2.32. The van der Waals surface area contributed by atoms with Gasteiger partial charge in [-0.25, -0.2) is 9.78 Å². The summed E-state index contributed by atoms with van der Waals surface area (Å²) >= 11 is 1.32. The van der Waals surface area contributed by atoms with Crippen LogP contribution in [0.3, 0.4) is 0 Å². The number of benzene rings is 3. The predicted octanol–water partition coefficient (Wildman–Crippen LogP) is 6.62. The summed E-state index contributed by atoms with van der Waals surface area (Å²) in [4.78, 5) is 19.4. The van der Waals surface area contributed by atoms with Gasteiger partial charge in [-0.3, -0.25) is 5.32 Å². The summed E-state index contributed by atoms with van der Waals surface area (Å²) < 4.78 is 44.0. The number of thioether (sulfide) groups is 1. The minimum atomic E-state index is -4.41. The van der Waals surface area contributed by atoms with Gasteiger partial charge in [0, 0.05) is 11.4 Å². The lowest BCUT2D eigenvalue weighted by Gasteiger charge is -2.11. The Morgan fingerprint density at radius 1 is 1.03 bits per heavy atom. The molecule has 3 aromatic carbocycles. The molecule has 0 aliphatic carbocycles. The monoisotopic (exact) mass is 457 g/mol.